The van der Waals surface area contributed by atoms with Gasteiger partial charge < -0.3 is 9.80 Å². The van der Waals surface area contributed by atoms with Gasteiger partial charge in [0.2, 0.25) is 0 Å². The predicted octanol–water partition coefficient (Wildman–Crippen LogP) is 1.78. The minimum Gasteiger partial charge on any atom is -0.355 e. The fourth-order valence-electron chi connectivity index (χ4n) is 4.07. The van der Waals surface area contributed by atoms with Crippen LogP contribution in [0.1, 0.15) is 18.4 Å². The lowest BCUT2D eigenvalue weighted by Gasteiger charge is -2.38. The summed E-state index contributed by atoms with van der Waals surface area (Å²) < 4.78 is 30.6. The van der Waals surface area contributed by atoms with Gasteiger partial charge in [0, 0.05) is 44.1 Å². The van der Waals surface area contributed by atoms with E-state index in [2.05, 4.69) is 19.4 Å². The number of hydrogen-bond donors (Lipinski definition) is 0. The molecule has 0 spiro atoms. The molecule has 28 heavy (non-hydrogen) atoms. The molecule has 2 aliphatic rings. The molecule has 0 aliphatic carbocycles. The predicted molar refractivity (Wildman–Crippen MR) is 106 cm³/mol. The van der Waals surface area contributed by atoms with Gasteiger partial charge in [-0.15, -0.1) is 4.40 Å². The second-order valence-corrected chi connectivity index (χ2v) is 8.70. The molecule has 3 aromatic rings. The van der Waals surface area contributed by atoms with E-state index in [1.807, 2.05) is 40.9 Å². The van der Waals surface area contributed by atoms with Gasteiger partial charge in [0.25, 0.3) is 10.0 Å². The maximum absolute atomic E-state index is 12.3. The molecule has 8 nitrogen and oxygen atoms in total. The number of hydrogen-bond acceptors (Lipinski definition) is 6. The monoisotopic (exact) mass is 396 g/mol. The molecular formula is C19H20N6O2S. The van der Waals surface area contributed by atoms with E-state index in [4.69, 9.17) is 0 Å². The molecule has 0 amide bonds. The topological polar surface area (TPSA) is 83.2 Å². The highest BCUT2D eigenvalue weighted by atomic mass is 32.2. The minimum atomic E-state index is -3.59. The Labute approximate surface area is 163 Å². The van der Waals surface area contributed by atoms with E-state index in [-0.39, 0.29) is 6.04 Å². The van der Waals surface area contributed by atoms with Gasteiger partial charge in [0.1, 0.15) is 10.4 Å². The van der Waals surface area contributed by atoms with Crippen LogP contribution in [0.15, 0.2) is 58.2 Å². The molecule has 0 radical (unpaired) electrons. The van der Waals surface area contributed by atoms with Gasteiger partial charge in [0.15, 0.2) is 11.7 Å². The molecular weight excluding hydrogens is 376 g/mol. The molecule has 9 heteroatoms. The van der Waals surface area contributed by atoms with Crippen LogP contribution in [0.4, 0.5) is 5.82 Å². The summed E-state index contributed by atoms with van der Waals surface area (Å²) in [5.41, 5.74) is 1.69. The number of anilines is 1. The van der Waals surface area contributed by atoms with Crippen LogP contribution in [0.3, 0.4) is 0 Å². The molecule has 4 heterocycles. The first-order valence-corrected chi connectivity index (χ1v) is 10.7. The molecule has 2 aliphatic heterocycles. The van der Waals surface area contributed by atoms with Crippen molar-refractivity contribution in [2.24, 2.45) is 4.40 Å². The fraction of sp³-hybridized carbons (Fsp3) is 0.316. The Hall–Kier alpha value is -2.94. The third-order valence-corrected chi connectivity index (χ3v) is 6.89. The van der Waals surface area contributed by atoms with Crippen LogP contribution in [0.5, 0.6) is 0 Å². The van der Waals surface area contributed by atoms with Crippen LogP contribution in [0, 0.1) is 0 Å². The van der Waals surface area contributed by atoms with Crippen molar-refractivity contribution in [3.8, 4) is 0 Å². The van der Waals surface area contributed by atoms with E-state index in [1.165, 1.54) is 0 Å². The van der Waals surface area contributed by atoms with Gasteiger partial charge >= 0.3 is 0 Å². The fourth-order valence-corrected chi connectivity index (χ4v) is 5.31. The van der Waals surface area contributed by atoms with Gasteiger partial charge in [-0.25, -0.2) is 9.50 Å². The first-order valence-electron chi connectivity index (χ1n) is 9.25. The van der Waals surface area contributed by atoms with E-state index in [1.54, 1.807) is 24.5 Å². The molecule has 0 bridgehead atoms. The standard InChI is InChI=1S/C19H20N6O2S/c1-23(18-15-4-2-3-5-17(15)28(26,27)22-18)14-7-11-24(12-8-14)19-16-6-9-21-25(16)13-10-20-19/h2-6,9-10,13-14H,7-8,11-12H2,1H3. The number of nitrogens with zero attached hydrogens (tertiary/aromatic N) is 6. The molecule has 5 rings (SSSR count). The van der Waals surface area contributed by atoms with Crippen LogP contribution in [0.2, 0.25) is 0 Å². The Morgan fingerprint density at radius 1 is 1.11 bits per heavy atom. The average Bonchev–Trinajstić information content (AvgIpc) is 3.30. The van der Waals surface area contributed by atoms with Crippen LogP contribution in [-0.4, -0.2) is 59.9 Å². The molecule has 144 valence electrons. The van der Waals surface area contributed by atoms with Crippen LogP contribution >= 0.6 is 0 Å². The summed E-state index contributed by atoms with van der Waals surface area (Å²) in [7, 11) is -1.66. The van der Waals surface area contributed by atoms with E-state index in [0.29, 0.717) is 16.3 Å². The molecule has 1 saturated heterocycles. The summed E-state index contributed by atoms with van der Waals surface area (Å²) in [5.74, 6) is 1.48. The molecule has 2 aromatic heterocycles. The number of amidine groups is 1. The average molecular weight is 396 g/mol. The van der Waals surface area contributed by atoms with Crippen molar-refractivity contribution in [2.75, 3.05) is 25.0 Å². The van der Waals surface area contributed by atoms with Gasteiger partial charge in [-0.3, -0.25) is 0 Å². The summed E-state index contributed by atoms with van der Waals surface area (Å²) in [6.07, 6.45) is 7.18. The third kappa shape index (κ3) is 2.65. The van der Waals surface area contributed by atoms with E-state index >= 15 is 0 Å². The van der Waals surface area contributed by atoms with Crippen molar-refractivity contribution in [2.45, 2.75) is 23.8 Å². The van der Waals surface area contributed by atoms with E-state index in [0.717, 1.165) is 37.3 Å². The van der Waals surface area contributed by atoms with Crippen molar-refractivity contribution < 1.29 is 8.42 Å². The lowest BCUT2D eigenvalue weighted by Crippen LogP contribution is -2.46. The lowest BCUT2D eigenvalue weighted by molar-refractivity contribution is 0.306. The molecule has 0 atom stereocenters. The first-order chi connectivity index (χ1) is 13.5. The Bertz CT molecular complexity index is 1180. The molecule has 1 fully saturated rings. The number of sulfonamides is 1. The number of piperidine rings is 1. The largest absolute Gasteiger partial charge is 0.355 e. The van der Waals surface area contributed by atoms with Crippen molar-refractivity contribution in [1.29, 1.82) is 0 Å². The maximum atomic E-state index is 12.3. The summed E-state index contributed by atoms with van der Waals surface area (Å²) in [6, 6.07) is 9.22. The van der Waals surface area contributed by atoms with Crippen molar-refractivity contribution in [3.63, 3.8) is 0 Å². The highest BCUT2D eigenvalue weighted by Gasteiger charge is 2.34. The van der Waals surface area contributed by atoms with Gasteiger partial charge in [-0.2, -0.15) is 13.5 Å². The highest BCUT2D eigenvalue weighted by Crippen LogP contribution is 2.30. The molecule has 0 N–H and O–H groups in total. The van der Waals surface area contributed by atoms with Crippen LogP contribution in [0.25, 0.3) is 5.52 Å². The lowest BCUT2D eigenvalue weighted by atomic mass is 10.0. The number of aromatic nitrogens is 3. The Kier molecular flexibility index (Phi) is 3.87. The molecule has 0 unspecified atom stereocenters. The normalized spacial score (nSPS) is 18.9. The Morgan fingerprint density at radius 2 is 1.89 bits per heavy atom. The quantitative estimate of drug-likeness (QED) is 0.657. The number of rotatable bonds is 2. The summed E-state index contributed by atoms with van der Waals surface area (Å²) in [6.45, 7) is 1.68. The van der Waals surface area contributed by atoms with Crippen molar-refractivity contribution in [3.05, 3.63) is 54.5 Å². The van der Waals surface area contributed by atoms with E-state index < -0.39 is 10.0 Å². The van der Waals surface area contributed by atoms with Gasteiger partial charge in [0.05, 0.1) is 6.20 Å². The molecule has 0 saturated carbocycles. The van der Waals surface area contributed by atoms with Crippen molar-refractivity contribution in [1.82, 2.24) is 19.5 Å². The highest BCUT2D eigenvalue weighted by molar-refractivity contribution is 7.90. The zero-order valence-electron chi connectivity index (χ0n) is 15.4. The molecule has 1 aromatic carbocycles. The Balaban J connectivity index is 1.36. The maximum Gasteiger partial charge on any atom is 0.285 e. The Morgan fingerprint density at radius 3 is 2.71 bits per heavy atom. The minimum absolute atomic E-state index is 0.223. The summed E-state index contributed by atoms with van der Waals surface area (Å²) in [4.78, 5) is 9.13. The summed E-state index contributed by atoms with van der Waals surface area (Å²) in [5, 5.41) is 4.27. The van der Waals surface area contributed by atoms with Gasteiger partial charge in [-0.05, 0) is 31.0 Å². The van der Waals surface area contributed by atoms with E-state index in [9.17, 15) is 8.42 Å². The SMILES string of the molecule is CN(C1=NS(=O)(=O)c2ccccc21)C1CCN(c2nccn3nccc23)CC1. The zero-order chi connectivity index (χ0) is 19.3. The second-order valence-electron chi connectivity index (χ2n) is 7.13. The van der Waals surface area contributed by atoms with Crippen LogP contribution in [-0.2, 0) is 10.0 Å². The third-order valence-electron chi connectivity index (χ3n) is 5.56. The van der Waals surface area contributed by atoms with Gasteiger partial charge in [-0.1, -0.05) is 12.1 Å². The zero-order valence-corrected chi connectivity index (χ0v) is 16.2. The second kappa shape index (κ2) is 6.30. The number of fused-ring (bicyclic) bond motifs is 2. The van der Waals surface area contributed by atoms with Crippen molar-refractivity contribution >= 4 is 27.2 Å². The summed E-state index contributed by atoms with van der Waals surface area (Å²) >= 11 is 0. The smallest absolute Gasteiger partial charge is 0.285 e. The first kappa shape index (κ1) is 17.2. The van der Waals surface area contributed by atoms with Crippen LogP contribution < -0.4 is 4.90 Å². The number of benzene rings is 1.